The number of fused-ring (bicyclic) bond motifs is 5. The van der Waals surface area contributed by atoms with E-state index in [1.165, 1.54) is 21.9 Å². The molecule has 4 nitrogen and oxygen atoms in total. The highest BCUT2D eigenvalue weighted by molar-refractivity contribution is 6.06. The van der Waals surface area contributed by atoms with E-state index in [0.29, 0.717) is 5.89 Å². The molecule has 10 rings (SSSR count). The van der Waals surface area contributed by atoms with Gasteiger partial charge in [-0.3, -0.25) is 0 Å². The Balaban J connectivity index is 1.07. The molecular formula is C47H30N2O2. The number of benzene rings is 8. The number of rotatable bonds is 6. The SMILES string of the molecule is c1ccc(-c2nc3c(-c4ccc(N(c5ccc(-c6ccc7ccccc7c6)cc5)c5ccc6oc7ccccc7c6c5)cc4)cccc3o2)cc1. The number of anilines is 3. The first kappa shape index (κ1) is 29.0. The van der Waals surface area contributed by atoms with Crippen molar-refractivity contribution in [3.63, 3.8) is 0 Å². The van der Waals surface area contributed by atoms with Crippen LogP contribution in [0.1, 0.15) is 0 Å². The molecule has 0 saturated carbocycles. The van der Waals surface area contributed by atoms with Gasteiger partial charge in [0.1, 0.15) is 16.7 Å². The van der Waals surface area contributed by atoms with Crippen molar-refractivity contribution in [3.8, 4) is 33.7 Å². The maximum Gasteiger partial charge on any atom is 0.227 e. The molecule has 0 fully saturated rings. The monoisotopic (exact) mass is 654 g/mol. The summed E-state index contributed by atoms with van der Waals surface area (Å²) in [5.74, 6) is 0.621. The number of nitrogens with zero attached hydrogens (tertiary/aromatic N) is 2. The van der Waals surface area contributed by atoms with Crippen LogP contribution in [-0.2, 0) is 0 Å². The molecule has 0 radical (unpaired) electrons. The van der Waals surface area contributed by atoms with Crippen LogP contribution in [0.25, 0.3) is 77.5 Å². The predicted molar refractivity (Wildman–Crippen MR) is 210 cm³/mol. The van der Waals surface area contributed by atoms with Crippen LogP contribution in [-0.4, -0.2) is 4.98 Å². The van der Waals surface area contributed by atoms with Gasteiger partial charge in [-0.15, -0.1) is 0 Å². The topological polar surface area (TPSA) is 42.4 Å². The van der Waals surface area contributed by atoms with Crippen LogP contribution in [0.15, 0.2) is 191 Å². The Morgan fingerprint density at radius 1 is 0.373 bits per heavy atom. The fourth-order valence-corrected chi connectivity index (χ4v) is 7.15. The van der Waals surface area contributed by atoms with Gasteiger partial charge in [0, 0.05) is 39.0 Å². The van der Waals surface area contributed by atoms with E-state index in [0.717, 1.165) is 66.8 Å². The van der Waals surface area contributed by atoms with Crippen LogP contribution in [0.4, 0.5) is 17.1 Å². The lowest BCUT2D eigenvalue weighted by Gasteiger charge is -2.26. The zero-order valence-electron chi connectivity index (χ0n) is 27.5. The van der Waals surface area contributed by atoms with E-state index < -0.39 is 0 Å². The lowest BCUT2D eigenvalue weighted by atomic mass is 10.0. The predicted octanol–water partition coefficient (Wildman–Crippen LogP) is 13.4. The average molecular weight is 655 g/mol. The molecule has 51 heavy (non-hydrogen) atoms. The van der Waals surface area contributed by atoms with Crippen molar-refractivity contribution >= 4 is 60.9 Å². The third kappa shape index (κ3) is 5.13. The Morgan fingerprint density at radius 3 is 1.84 bits per heavy atom. The molecular weight excluding hydrogens is 625 g/mol. The van der Waals surface area contributed by atoms with E-state index in [2.05, 4.69) is 132 Å². The second-order valence-electron chi connectivity index (χ2n) is 12.8. The van der Waals surface area contributed by atoms with Gasteiger partial charge in [-0.2, -0.15) is 0 Å². The van der Waals surface area contributed by atoms with Crippen LogP contribution in [0.2, 0.25) is 0 Å². The van der Waals surface area contributed by atoms with Crippen LogP contribution in [0, 0.1) is 0 Å². The lowest BCUT2D eigenvalue weighted by molar-refractivity contribution is 0.620. The quantitative estimate of drug-likeness (QED) is 0.179. The smallest absolute Gasteiger partial charge is 0.227 e. The van der Waals surface area contributed by atoms with E-state index in [-0.39, 0.29) is 0 Å². The van der Waals surface area contributed by atoms with Crippen molar-refractivity contribution in [1.82, 2.24) is 4.98 Å². The van der Waals surface area contributed by atoms with Gasteiger partial charge in [-0.25, -0.2) is 4.98 Å². The van der Waals surface area contributed by atoms with Gasteiger partial charge < -0.3 is 13.7 Å². The van der Waals surface area contributed by atoms with Gasteiger partial charge in [0.25, 0.3) is 0 Å². The standard InChI is InChI=1S/C47H30N2O2/c1-2-10-34(11-3-1)47-48-46-40(14-8-16-45(46)51-47)33-21-25-38(26-22-33)49(39-27-28-44-42(30-39)41-13-6-7-15-43(41)50-44)37-23-19-32(20-24-37)36-18-17-31-9-4-5-12-35(31)29-36/h1-30H. The summed E-state index contributed by atoms with van der Waals surface area (Å²) in [7, 11) is 0. The summed E-state index contributed by atoms with van der Waals surface area (Å²) < 4.78 is 12.4. The first-order valence-corrected chi connectivity index (χ1v) is 17.1. The van der Waals surface area contributed by atoms with E-state index in [1.54, 1.807) is 0 Å². The highest BCUT2D eigenvalue weighted by Crippen LogP contribution is 2.41. The highest BCUT2D eigenvalue weighted by Gasteiger charge is 2.17. The summed E-state index contributed by atoms with van der Waals surface area (Å²) in [6.07, 6.45) is 0. The van der Waals surface area contributed by atoms with E-state index in [4.69, 9.17) is 13.8 Å². The van der Waals surface area contributed by atoms with E-state index >= 15 is 0 Å². The van der Waals surface area contributed by atoms with Gasteiger partial charge in [0.2, 0.25) is 5.89 Å². The van der Waals surface area contributed by atoms with Gasteiger partial charge >= 0.3 is 0 Å². The zero-order chi connectivity index (χ0) is 33.7. The fourth-order valence-electron chi connectivity index (χ4n) is 7.15. The number of hydrogen-bond donors (Lipinski definition) is 0. The van der Waals surface area contributed by atoms with Crippen molar-refractivity contribution in [2.75, 3.05) is 4.90 Å². The van der Waals surface area contributed by atoms with Crippen LogP contribution in [0.5, 0.6) is 0 Å². The van der Waals surface area contributed by atoms with Crippen molar-refractivity contribution in [2.24, 2.45) is 0 Å². The second kappa shape index (κ2) is 11.9. The molecule has 10 aromatic rings. The zero-order valence-corrected chi connectivity index (χ0v) is 27.5. The number of furan rings is 1. The van der Waals surface area contributed by atoms with Gasteiger partial charge in [-0.05, 0) is 100 Å². The molecule has 2 heterocycles. The van der Waals surface area contributed by atoms with Crippen molar-refractivity contribution in [3.05, 3.63) is 182 Å². The molecule has 0 bridgehead atoms. The summed E-state index contributed by atoms with van der Waals surface area (Å²) in [5, 5.41) is 4.67. The maximum atomic E-state index is 6.19. The summed E-state index contributed by atoms with van der Waals surface area (Å²) >= 11 is 0. The average Bonchev–Trinajstić information content (AvgIpc) is 3.81. The molecule has 0 saturated heterocycles. The molecule has 4 heteroatoms. The minimum Gasteiger partial charge on any atom is -0.456 e. The number of para-hydroxylation sites is 2. The molecule has 2 aromatic heterocycles. The third-order valence-electron chi connectivity index (χ3n) is 9.70. The molecule has 0 aliphatic heterocycles. The first-order chi connectivity index (χ1) is 25.2. The Morgan fingerprint density at radius 2 is 1.02 bits per heavy atom. The molecule has 0 atom stereocenters. The molecule has 0 aliphatic rings. The number of oxazole rings is 1. The van der Waals surface area contributed by atoms with E-state index in [1.807, 2.05) is 54.6 Å². The molecule has 0 unspecified atom stereocenters. The van der Waals surface area contributed by atoms with Crippen molar-refractivity contribution < 1.29 is 8.83 Å². The minimum atomic E-state index is 0.621. The summed E-state index contributed by atoms with van der Waals surface area (Å²) in [4.78, 5) is 7.23. The van der Waals surface area contributed by atoms with Gasteiger partial charge in [-0.1, -0.05) is 109 Å². The third-order valence-corrected chi connectivity index (χ3v) is 9.70. The van der Waals surface area contributed by atoms with E-state index in [9.17, 15) is 0 Å². The highest BCUT2D eigenvalue weighted by atomic mass is 16.3. The van der Waals surface area contributed by atoms with Crippen LogP contribution >= 0.6 is 0 Å². The van der Waals surface area contributed by atoms with Gasteiger partial charge in [0.05, 0.1) is 0 Å². The molecule has 8 aromatic carbocycles. The Bertz CT molecular complexity index is 2850. The summed E-state index contributed by atoms with van der Waals surface area (Å²) in [6, 6.07) is 63.5. The second-order valence-corrected chi connectivity index (χ2v) is 12.8. The molecule has 0 aliphatic carbocycles. The minimum absolute atomic E-state index is 0.621. The Kier molecular flexibility index (Phi) is 6.78. The number of aromatic nitrogens is 1. The van der Waals surface area contributed by atoms with Crippen molar-refractivity contribution in [2.45, 2.75) is 0 Å². The Labute approximate surface area is 294 Å². The Hall–Kier alpha value is -6.91. The van der Waals surface area contributed by atoms with Crippen LogP contribution < -0.4 is 4.90 Å². The molecule has 0 N–H and O–H groups in total. The largest absolute Gasteiger partial charge is 0.456 e. The normalized spacial score (nSPS) is 11.5. The molecule has 240 valence electrons. The summed E-state index contributed by atoms with van der Waals surface area (Å²) in [5.41, 5.74) is 12.0. The molecule has 0 spiro atoms. The maximum absolute atomic E-state index is 6.19. The van der Waals surface area contributed by atoms with Crippen LogP contribution in [0.3, 0.4) is 0 Å². The van der Waals surface area contributed by atoms with Crippen molar-refractivity contribution in [1.29, 1.82) is 0 Å². The number of hydrogen-bond acceptors (Lipinski definition) is 4. The van der Waals surface area contributed by atoms with Gasteiger partial charge in [0.15, 0.2) is 5.58 Å². The lowest BCUT2D eigenvalue weighted by Crippen LogP contribution is -2.09. The molecule has 0 amide bonds. The first-order valence-electron chi connectivity index (χ1n) is 17.1. The summed E-state index contributed by atoms with van der Waals surface area (Å²) in [6.45, 7) is 0. The fraction of sp³-hybridized carbons (Fsp3) is 0.